The quantitative estimate of drug-likeness (QED) is 0.751. The van der Waals surface area contributed by atoms with Crippen LogP contribution in [-0.2, 0) is 9.59 Å². The molecule has 0 saturated carbocycles. The maximum atomic E-state index is 12.7. The van der Waals surface area contributed by atoms with Gasteiger partial charge in [0, 0.05) is 13.0 Å². The number of nitrogens with one attached hydrogen (secondary N) is 1. The lowest BCUT2D eigenvalue weighted by Gasteiger charge is -2.08. The van der Waals surface area contributed by atoms with Crippen LogP contribution in [0.1, 0.15) is 12.8 Å². The molecule has 0 aliphatic carbocycles. The van der Waals surface area contributed by atoms with Gasteiger partial charge in [-0.15, -0.1) is 0 Å². The Kier molecular flexibility index (Phi) is 6.08. The van der Waals surface area contributed by atoms with E-state index in [4.69, 9.17) is 21.4 Å². The van der Waals surface area contributed by atoms with E-state index in [1.165, 1.54) is 12.1 Å². The molecule has 19 heavy (non-hydrogen) atoms. The van der Waals surface area contributed by atoms with Crippen molar-refractivity contribution in [3.8, 4) is 5.75 Å². The van der Waals surface area contributed by atoms with Gasteiger partial charge in [0.05, 0.1) is 5.02 Å². The second-order valence-electron chi connectivity index (χ2n) is 3.71. The highest BCUT2D eigenvalue weighted by Gasteiger charge is 2.06. The van der Waals surface area contributed by atoms with Gasteiger partial charge < -0.3 is 15.2 Å². The summed E-state index contributed by atoms with van der Waals surface area (Å²) in [6, 6.07) is 3.59. The molecule has 1 aromatic carbocycles. The number of amides is 1. The Balaban J connectivity index is 2.28. The van der Waals surface area contributed by atoms with E-state index in [2.05, 4.69) is 5.32 Å². The van der Waals surface area contributed by atoms with Crippen molar-refractivity contribution < 1.29 is 23.8 Å². The van der Waals surface area contributed by atoms with Gasteiger partial charge in [-0.25, -0.2) is 4.39 Å². The van der Waals surface area contributed by atoms with Gasteiger partial charge >= 0.3 is 5.97 Å². The van der Waals surface area contributed by atoms with Crippen molar-refractivity contribution in [3.63, 3.8) is 0 Å². The van der Waals surface area contributed by atoms with E-state index in [1.807, 2.05) is 0 Å². The molecule has 1 rings (SSSR count). The van der Waals surface area contributed by atoms with E-state index >= 15 is 0 Å². The number of hydrogen-bond donors (Lipinski definition) is 2. The zero-order valence-corrected chi connectivity index (χ0v) is 10.7. The van der Waals surface area contributed by atoms with Crippen LogP contribution >= 0.6 is 11.6 Å². The van der Waals surface area contributed by atoms with E-state index in [9.17, 15) is 14.0 Å². The molecule has 0 unspecified atom stereocenters. The number of aliphatic carboxylic acids is 1. The van der Waals surface area contributed by atoms with Crippen molar-refractivity contribution in [2.45, 2.75) is 12.8 Å². The van der Waals surface area contributed by atoms with Crippen LogP contribution in [0.2, 0.25) is 5.02 Å². The number of carboxylic acid groups (broad SMARTS) is 1. The summed E-state index contributed by atoms with van der Waals surface area (Å²) in [5.41, 5.74) is 0. The summed E-state index contributed by atoms with van der Waals surface area (Å²) in [6.45, 7) is -0.00985. The van der Waals surface area contributed by atoms with E-state index < -0.39 is 17.7 Å². The molecule has 0 atom stereocenters. The van der Waals surface area contributed by atoms with Gasteiger partial charge in [-0.3, -0.25) is 9.59 Å². The molecule has 0 bridgehead atoms. The third-order valence-electron chi connectivity index (χ3n) is 2.14. The smallest absolute Gasteiger partial charge is 0.303 e. The topological polar surface area (TPSA) is 75.6 Å². The Morgan fingerprint density at radius 2 is 2.16 bits per heavy atom. The Morgan fingerprint density at radius 1 is 1.42 bits per heavy atom. The number of hydrogen-bond acceptors (Lipinski definition) is 3. The summed E-state index contributed by atoms with van der Waals surface area (Å²) in [7, 11) is 0. The molecule has 2 N–H and O–H groups in total. The average Bonchev–Trinajstić information content (AvgIpc) is 2.33. The van der Waals surface area contributed by atoms with Crippen LogP contribution in [0.25, 0.3) is 0 Å². The van der Waals surface area contributed by atoms with Gasteiger partial charge in [-0.1, -0.05) is 11.6 Å². The molecule has 0 radical (unpaired) electrons. The van der Waals surface area contributed by atoms with Gasteiger partial charge in [0.2, 0.25) is 0 Å². The van der Waals surface area contributed by atoms with Gasteiger partial charge in [0.15, 0.2) is 6.61 Å². The molecule has 1 amide bonds. The van der Waals surface area contributed by atoms with Crippen molar-refractivity contribution in [2.24, 2.45) is 0 Å². The van der Waals surface area contributed by atoms with Crippen molar-refractivity contribution in [1.29, 1.82) is 0 Å². The van der Waals surface area contributed by atoms with Gasteiger partial charge in [0.25, 0.3) is 5.91 Å². The molecule has 1 aromatic rings. The normalized spacial score (nSPS) is 10.0. The molecule has 104 valence electrons. The predicted octanol–water partition coefficient (Wildman–Crippen LogP) is 1.84. The van der Waals surface area contributed by atoms with E-state index in [0.29, 0.717) is 6.42 Å². The maximum Gasteiger partial charge on any atom is 0.303 e. The van der Waals surface area contributed by atoms with Crippen LogP contribution in [-0.4, -0.2) is 30.1 Å². The molecule has 0 aliphatic rings. The number of benzene rings is 1. The molecular weight excluding hydrogens is 277 g/mol. The van der Waals surface area contributed by atoms with Crippen LogP contribution in [0.4, 0.5) is 4.39 Å². The fourth-order valence-electron chi connectivity index (χ4n) is 1.25. The molecule has 7 heteroatoms. The van der Waals surface area contributed by atoms with Crippen LogP contribution in [0.5, 0.6) is 5.75 Å². The van der Waals surface area contributed by atoms with Crippen molar-refractivity contribution in [2.75, 3.05) is 13.2 Å². The highest BCUT2D eigenvalue weighted by atomic mass is 35.5. The third kappa shape index (κ3) is 6.05. The molecule has 0 spiro atoms. The zero-order valence-electron chi connectivity index (χ0n) is 9.99. The Labute approximate surface area is 114 Å². The van der Waals surface area contributed by atoms with Crippen LogP contribution < -0.4 is 10.1 Å². The maximum absolute atomic E-state index is 12.7. The first-order chi connectivity index (χ1) is 8.99. The first-order valence-corrected chi connectivity index (χ1v) is 5.93. The molecular formula is C12H13ClFNO4. The van der Waals surface area contributed by atoms with Crippen LogP contribution in [0.3, 0.4) is 0 Å². The lowest BCUT2D eigenvalue weighted by atomic mass is 10.3. The molecule has 0 fully saturated rings. The highest BCUT2D eigenvalue weighted by molar-refractivity contribution is 6.32. The fourth-order valence-corrected chi connectivity index (χ4v) is 1.48. The van der Waals surface area contributed by atoms with Gasteiger partial charge in [0.1, 0.15) is 11.6 Å². The summed E-state index contributed by atoms with van der Waals surface area (Å²) in [6.07, 6.45) is 0.337. The standard InChI is InChI=1S/C12H13ClFNO4/c13-9-6-8(14)3-4-10(9)19-7-11(16)15-5-1-2-12(17)18/h3-4,6H,1-2,5,7H2,(H,15,16)(H,17,18). The fraction of sp³-hybridized carbons (Fsp3) is 0.333. The van der Waals surface area contributed by atoms with Gasteiger partial charge in [-0.2, -0.15) is 0 Å². The molecule has 0 aliphatic heterocycles. The highest BCUT2D eigenvalue weighted by Crippen LogP contribution is 2.24. The van der Waals surface area contributed by atoms with Crippen molar-refractivity contribution in [1.82, 2.24) is 5.32 Å². The molecule has 0 aromatic heterocycles. The summed E-state index contributed by atoms with van der Waals surface area (Å²) in [5, 5.41) is 11.0. The average molecular weight is 290 g/mol. The third-order valence-corrected chi connectivity index (χ3v) is 2.44. The Bertz CT molecular complexity index is 467. The summed E-state index contributed by atoms with van der Waals surface area (Å²) < 4.78 is 17.9. The SMILES string of the molecule is O=C(O)CCCNC(=O)COc1ccc(F)cc1Cl. The van der Waals surface area contributed by atoms with Crippen molar-refractivity contribution >= 4 is 23.5 Å². The second-order valence-corrected chi connectivity index (χ2v) is 4.12. The zero-order chi connectivity index (χ0) is 14.3. The minimum Gasteiger partial charge on any atom is -0.482 e. The van der Waals surface area contributed by atoms with E-state index in [1.54, 1.807) is 0 Å². The lowest BCUT2D eigenvalue weighted by Crippen LogP contribution is -2.30. The first-order valence-electron chi connectivity index (χ1n) is 5.55. The van der Waals surface area contributed by atoms with Crippen LogP contribution in [0, 0.1) is 5.82 Å². The second kappa shape index (κ2) is 7.58. The minimum absolute atomic E-state index is 0.00900. The number of ether oxygens (including phenoxy) is 1. The number of halogens is 2. The largest absolute Gasteiger partial charge is 0.482 e. The van der Waals surface area contributed by atoms with E-state index in [0.717, 1.165) is 6.07 Å². The molecule has 0 heterocycles. The number of carboxylic acids is 1. The molecule has 0 saturated heterocycles. The monoisotopic (exact) mass is 289 g/mol. The van der Waals surface area contributed by atoms with E-state index in [-0.39, 0.29) is 30.3 Å². The summed E-state index contributed by atoms with van der Waals surface area (Å²) in [5.74, 6) is -1.59. The van der Waals surface area contributed by atoms with Crippen molar-refractivity contribution in [3.05, 3.63) is 29.0 Å². The number of carbonyl (C=O) groups excluding carboxylic acids is 1. The molecule has 5 nitrogen and oxygen atoms in total. The Hall–Kier alpha value is -1.82. The number of carbonyl (C=O) groups is 2. The lowest BCUT2D eigenvalue weighted by molar-refractivity contribution is -0.137. The summed E-state index contributed by atoms with van der Waals surface area (Å²) in [4.78, 5) is 21.6. The predicted molar refractivity (Wildman–Crippen MR) is 66.8 cm³/mol. The minimum atomic E-state index is -0.913. The van der Waals surface area contributed by atoms with Crippen LogP contribution in [0.15, 0.2) is 18.2 Å². The Morgan fingerprint density at radius 3 is 2.79 bits per heavy atom. The summed E-state index contributed by atoms with van der Waals surface area (Å²) >= 11 is 5.71. The first kappa shape index (κ1) is 15.2. The number of rotatable bonds is 7. The van der Waals surface area contributed by atoms with Gasteiger partial charge in [-0.05, 0) is 24.6 Å².